The number of aryl methyl sites for hydroxylation is 1. The molecule has 1 N–H and O–H groups in total. The van der Waals surface area contributed by atoms with Crippen LogP contribution in [0.15, 0.2) is 58.3 Å². The number of carbonyl (C=O) groups is 2. The van der Waals surface area contributed by atoms with Gasteiger partial charge in [-0.15, -0.1) is 0 Å². The topological polar surface area (TPSA) is 118 Å². The molecule has 0 bridgehead atoms. The SMILES string of the molecule is CCNS(=O)(=O)c1ccc(C23Cn4cccc4C(=O)N2CCN3C(=O)c2conc2C)cc1. The fourth-order valence-electron chi connectivity index (χ4n) is 4.77. The van der Waals surface area contributed by atoms with E-state index < -0.39 is 15.7 Å². The molecule has 1 aromatic carbocycles. The first-order chi connectivity index (χ1) is 15.8. The Morgan fingerprint density at radius 1 is 1.21 bits per heavy atom. The molecule has 1 fully saturated rings. The van der Waals surface area contributed by atoms with Crippen molar-refractivity contribution in [3.8, 4) is 0 Å². The molecule has 10 nitrogen and oxygen atoms in total. The number of aromatic nitrogens is 2. The highest BCUT2D eigenvalue weighted by Crippen LogP contribution is 2.43. The summed E-state index contributed by atoms with van der Waals surface area (Å²) in [4.78, 5) is 30.5. The van der Waals surface area contributed by atoms with E-state index in [1.807, 2.05) is 10.8 Å². The largest absolute Gasteiger partial charge is 0.364 e. The van der Waals surface area contributed by atoms with Crippen LogP contribution in [0, 0.1) is 6.92 Å². The zero-order valence-electron chi connectivity index (χ0n) is 18.2. The van der Waals surface area contributed by atoms with Gasteiger partial charge in [0, 0.05) is 31.4 Å². The Bertz CT molecular complexity index is 1340. The van der Waals surface area contributed by atoms with E-state index in [1.54, 1.807) is 47.9 Å². The van der Waals surface area contributed by atoms with Crippen molar-refractivity contribution >= 4 is 21.8 Å². The number of nitrogens with one attached hydrogen (secondary N) is 1. The molecule has 2 aliphatic heterocycles. The highest BCUT2D eigenvalue weighted by atomic mass is 32.2. The number of amides is 2. The zero-order chi connectivity index (χ0) is 23.4. The maximum Gasteiger partial charge on any atom is 0.272 e. The second-order valence-electron chi connectivity index (χ2n) is 8.09. The minimum Gasteiger partial charge on any atom is -0.364 e. The predicted molar refractivity (Wildman–Crippen MR) is 117 cm³/mol. The number of benzene rings is 1. The van der Waals surface area contributed by atoms with Gasteiger partial charge in [-0.05, 0) is 31.2 Å². The fourth-order valence-corrected chi connectivity index (χ4v) is 5.81. The van der Waals surface area contributed by atoms with Crippen molar-refractivity contribution < 1.29 is 22.5 Å². The number of carbonyl (C=O) groups excluding carboxylic acids is 2. The molecular formula is C22H23N5O5S. The summed E-state index contributed by atoms with van der Waals surface area (Å²) < 4.78 is 34.1. The van der Waals surface area contributed by atoms with Crippen molar-refractivity contribution in [2.24, 2.45) is 0 Å². The third kappa shape index (κ3) is 3.10. The molecule has 33 heavy (non-hydrogen) atoms. The molecule has 0 saturated carbocycles. The van der Waals surface area contributed by atoms with Crippen molar-refractivity contribution in [1.29, 1.82) is 0 Å². The normalized spacial score (nSPS) is 20.1. The van der Waals surface area contributed by atoms with E-state index in [0.29, 0.717) is 42.1 Å². The molecule has 172 valence electrons. The molecular weight excluding hydrogens is 446 g/mol. The Morgan fingerprint density at radius 3 is 2.64 bits per heavy atom. The van der Waals surface area contributed by atoms with Crippen molar-refractivity contribution in [1.82, 2.24) is 24.2 Å². The van der Waals surface area contributed by atoms with Gasteiger partial charge in [0.05, 0.1) is 17.1 Å². The van der Waals surface area contributed by atoms with Gasteiger partial charge in [-0.25, -0.2) is 13.1 Å². The van der Waals surface area contributed by atoms with Crippen LogP contribution < -0.4 is 4.72 Å². The van der Waals surface area contributed by atoms with Crippen molar-refractivity contribution in [2.45, 2.75) is 31.0 Å². The third-order valence-electron chi connectivity index (χ3n) is 6.31. The minimum absolute atomic E-state index is 0.116. The lowest BCUT2D eigenvalue weighted by Crippen LogP contribution is -2.60. The van der Waals surface area contributed by atoms with E-state index in [0.717, 1.165) is 0 Å². The molecule has 11 heteroatoms. The van der Waals surface area contributed by atoms with E-state index in [2.05, 4.69) is 9.88 Å². The van der Waals surface area contributed by atoms with Gasteiger partial charge in [-0.1, -0.05) is 24.2 Å². The quantitative estimate of drug-likeness (QED) is 0.606. The molecule has 0 aliphatic carbocycles. The lowest BCUT2D eigenvalue weighted by molar-refractivity contribution is -0.00600. The summed E-state index contributed by atoms with van der Waals surface area (Å²) in [5, 5.41) is 3.83. The standard InChI is InChI=1S/C22H23N5O5S/c1-3-23-33(30,31)17-8-6-16(7-9-17)22-14-25-10-4-5-19(25)21(29)27(22)12-11-26(22)20(28)18-13-32-24-15(18)2/h4-10,13,23H,3,11-12,14H2,1-2H3. The van der Waals surface area contributed by atoms with Gasteiger partial charge < -0.3 is 18.9 Å². The monoisotopic (exact) mass is 469 g/mol. The maximum atomic E-state index is 13.6. The van der Waals surface area contributed by atoms with Gasteiger partial charge in [-0.3, -0.25) is 9.59 Å². The highest BCUT2D eigenvalue weighted by molar-refractivity contribution is 7.89. The van der Waals surface area contributed by atoms with Gasteiger partial charge in [-0.2, -0.15) is 0 Å². The second-order valence-corrected chi connectivity index (χ2v) is 9.86. The average Bonchev–Trinajstić information content (AvgIpc) is 3.52. The molecule has 2 aromatic heterocycles. The number of rotatable bonds is 5. The minimum atomic E-state index is -3.64. The fraction of sp³-hybridized carbons (Fsp3) is 0.318. The lowest BCUT2D eigenvalue weighted by Gasteiger charge is -2.47. The maximum absolute atomic E-state index is 13.6. The molecule has 1 atom stereocenters. The van der Waals surface area contributed by atoms with E-state index in [4.69, 9.17) is 4.52 Å². The summed E-state index contributed by atoms with van der Waals surface area (Å²) in [5.74, 6) is -0.489. The Balaban J connectivity index is 1.65. The molecule has 2 aliphatic rings. The molecule has 0 radical (unpaired) electrons. The van der Waals surface area contributed by atoms with Crippen LogP contribution in [-0.4, -0.2) is 59.4 Å². The summed E-state index contributed by atoms with van der Waals surface area (Å²) in [6.45, 7) is 4.64. The highest BCUT2D eigenvalue weighted by Gasteiger charge is 2.56. The molecule has 1 saturated heterocycles. The molecule has 5 rings (SSSR count). The Kier molecular flexibility index (Phi) is 4.91. The zero-order valence-corrected chi connectivity index (χ0v) is 19.0. The first kappa shape index (κ1) is 21.4. The van der Waals surface area contributed by atoms with E-state index in [-0.39, 0.29) is 23.3 Å². The molecule has 0 spiro atoms. The molecule has 4 heterocycles. The first-order valence-electron chi connectivity index (χ1n) is 10.6. The van der Waals surface area contributed by atoms with Crippen molar-refractivity contribution in [3.05, 3.63) is 71.4 Å². The summed E-state index contributed by atoms with van der Waals surface area (Å²) in [5.41, 5.74) is 0.862. The summed E-state index contributed by atoms with van der Waals surface area (Å²) in [6, 6.07) is 9.90. The first-order valence-corrected chi connectivity index (χ1v) is 12.1. The van der Waals surface area contributed by atoms with Crippen LogP contribution in [0.25, 0.3) is 0 Å². The van der Waals surface area contributed by atoms with E-state index in [9.17, 15) is 18.0 Å². The molecule has 1 unspecified atom stereocenters. The van der Waals surface area contributed by atoms with Crippen LogP contribution in [0.5, 0.6) is 0 Å². The van der Waals surface area contributed by atoms with Gasteiger partial charge in [0.2, 0.25) is 10.0 Å². The van der Waals surface area contributed by atoms with Crippen LogP contribution in [0.1, 0.15) is 39.0 Å². The van der Waals surface area contributed by atoms with Crippen LogP contribution in [-0.2, 0) is 22.2 Å². The Labute approximate surface area is 190 Å². The molecule has 3 aromatic rings. The van der Waals surface area contributed by atoms with Gasteiger partial charge >= 0.3 is 0 Å². The average molecular weight is 470 g/mol. The summed E-state index contributed by atoms with van der Waals surface area (Å²) in [7, 11) is -3.64. The third-order valence-corrected chi connectivity index (χ3v) is 7.87. The van der Waals surface area contributed by atoms with E-state index in [1.165, 1.54) is 18.4 Å². The van der Waals surface area contributed by atoms with Gasteiger partial charge in [0.1, 0.15) is 17.5 Å². The lowest BCUT2D eigenvalue weighted by atomic mass is 9.93. The van der Waals surface area contributed by atoms with Crippen molar-refractivity contribution in [2.75, 3.05) is 19.6 Å². The summed E-state index contributed by atoms with van der Waals surface area (Å²) >= 11 is 0. The number of fused-ring (bicyclic) bond motifs is 2. The van der Waals surface area contributed by atoms with Crippen LogP contribution >= 0.6 is 0 Å². The van der Waals surface area contributed by atoms with Crippen LogP contribution in [0.2, 0.25) is 0 Å². The molecule has 2 amide bonds. The summed E-state index contributed by atoms with van der Waals surface area (Å²) in [6.07, 6.45) is 3.12. The Hall–Kier alpha value is -3.44. The van der Waals surface area contributed by atoms with Crippen LogP contribution in [0.3, 0.4) is 0 Å². The van der Waals surface area contributed by atoms with E-state index >= 15 is 0 Å². The smallest absolute Gasteiger partial charge is 0.272 e. The number of sulfonamides is 1. The number of nitrogens with zero attached hydrogens (tertiary/aromatic N) is 4. The number of hydrogen-bond donors (Lipinski definition) is 1. The predicted octanol–water partition coefficient (Wildman–Crippen LogP) is 1.55. The second kappa shape index (κ2) is 7.56. The Morgan fingerprint density at radius 2 is 1.97 bits per heavy atom. The van der Waals surface area contributed by atoms with Crippen LogP contribution in [0.4, 0.5) is 0 Å². The van der Waals surface area contributed by atoms with Gasteiger partial charge in [0.25, 0.3) is 11.8 Å². The van der Waals surface area contributed by atoms with Crippen molar-refractivity contribution in [3.63, 3.8) is 0 Å². The van der Waals surface area contributed by atoms with Gasteiger partial charge in [0.15, 0.2) is 5.66 Å². The number of hydrogen-bond acceptors (Lipinski definition) is 6.